The second-order valence-corrected chi connectivity index (χ2v) is 6.43. The van der Waals surface area contributed by atoms with E-state index < -0.39 is 23.1 Å². The SMILES string of the molecule is O=C(Cc1ccc(F)c(F)c1)N1CCN(C2(C(=O)O)CCOC2)CC1. The molecule has 0 bridgehead atoms. The lowest BCUT2D eigenvalue weighted by molar-refractivity contribution is -0.153. The highest BCUT2D eigenvalue weighted by atomic mass is 19.2. The molecule has 1 unspecified atom stereocenters. The Morgan fingerprint density at radius 3 is 2.44 bits per heavy atom. The van der Waals surface area contributed by atoms with Crippen LogP contribution < -0.4 is 0 Å². The molecule has 2 aliphatic heterocycles. The van der Waals surface area contributed by atoms with Gasteiger partial charge in [0.1, 0.15) is 5.54 Å². The number of hydrogen-bond acceptors (Lipinski definition) is 4. The summed E-state index contributed by atoms with van der Waals surface area (Å²) in [5, 5.41) is 9.57. The molecule has 1 atom stereocenters. The molecule has 0 spiro atoms. The number of aliphatic carboxylic acids is 1. The number of hydrogen-bond donors (Lipinski definition) is 1. The van der Waals surface area contributed by atoms with E-state index in [9.17, 15) is 23.5 Å². The van der Waals surface area contributed by atoms with E-state index in [2.05, 4.69) is 0 Å². The van der Waals surface area contributed by atoms with Crippen LogP contribution in [0, 0.1) is 11.6 Å². The van der Waals surface area contributed by atoms with Crippen LogP contribution in [-0.2, 0) is 20.7 Å². The molecule has 2 saturated heterocycles. The van der Waals surface area contributed by atoms with Crippen molar-refractivity contribution in [2.45, 2.75) is 18.4 Å². The van der Waals surface area contributed by atoms with Crippen molar-refractivity contribution in [1.82, 2.24) is 9.80 Å². The van der Waals surface area contributed by atoms with Crippen LogP contribution in [0.25, 0.3) is 0 Å². The first kappa shape index (κ1) is 17.8. The normalized spacial score (nSPS) is 24.5. The molecule has 0 aliphatic carbocycles. The van der Waals surface area contributed by atoms with Crippen LogP contribution in [0.2, 0.25) is 0 Å². The number of carboxylic acids is 1. The fraction of sp³-hybridized carbons (Fsp3) is 0.529. The molecule has 8 heteroatoms. The number of nitrogens with zero attached hydrogens (tertiary/aromatic N) is 2. The van der Waals surface area contributed by atoms with E-state index in [-0.39, 0.29) is 18.9 Å². The van der Waals surface area contributed by atoms with E-state index in [4.69, 9.17) is 4.74 Å². The van der Waals surface area contributed by atoms with Gasteiger partial charge in [0.05, 0.1) is 13.0 Å². The van der Waals surface area contributed by atoms with Crippen LogP contribution in [-0.4, -0.2) is 71.7 Å². The molecule has 2 fully saturated rings. The van der Waals surface area contributed by atoms with Gasteiger partial charge >= 0.3 is 5.97 Å². The van der Waals surface area contributed by atoms with E-state index in [1.165, 1.54) is 6.07 Å². The summed E-state index contributed by atoms with van der Waals surface area (Å²) in [7, 11) is 0. The van der Waals surface area contributed by atoms with Gasteiger partial charge in [-0.2, -0.15) is 0 Å². The summed E-state index contributed by atoms with van der Waals surface area (Å²) in [5.41, 5.74) is -0.590. The molecule has 0 aromatic heterocycles. The highest BCUT2D eigenvalue weighted by molar-refractivity contribution is 5.80. The largest absolute Gasteiger partial charge is 0.480 e. The van der Waals surface area contributed by atoms with Gasteiger partial charge in [-0.05, 0) is 17.7 Å². The number of carbonyl (C=O) groups is 2. The van der Waals surface area contributed by atoms with E-state index in [0.29, 0.717) is 44.8 Å². The van der Waals surface area contributed by atoms with Crippen LogP contribution in [0.15, 0.2) is 18.2 Å². The van der Waals surface area contributed by atoms with Gasteiger partial charge in [0.2, 0.25) is 5.91 Å². The monoisotopic (exact) mass is 354 g/mol. The maximum atomic E-state index is 13.2. The highest BCUT2D eigenvalue weighted by Crippen LogP contribution is 2.28. The Kier molecular flexibility index (Phi) is 5.01. The lowest BCUT2D eigenvalue weighted by atomic mass is 9.95. The third kappa shape index (κ3) is 3.50. The van der Waals surface area contributed by atoms with Gasteiger partial charge in [-0.1, -0.05) is 6.07 Å². The summed E-state index contributed by atoms with van der Waals surface area (Å²) in [5.74, 6) is -2.99. The van der Waals surface area contributed by atoms with Crippen molar-refractivity contribution in [3.8, 4) is 0 Å². The highest BCUT2D eigenvalue weighted by Gasteiger charge is 2.48. The zero-order valence-corrected chi connectivity index (χ0v) is 13.7. The molecule has 0 saturated carbocycles. The van der Waals surface area contributed by atoms with Crippen LogP contribution in [0.5, 0.6) is 0 Å². The molecule has 25 heavy (non-hydrogen) atoms. The Labute approximate surface area is 144 Å². The summed E-state index contributed by atoms with van der Waals surface area (Å²) in [6.45, 7) is 2.26. The van der Waals surface area contributed by atoms with Crippen LogP contribution >= 0.6 is 0 Å². The number of rotatable bonds is 4. The van der Waals surface area contributed by atoms with Crippen molar-refractivity contribution in [3.63, 3.8) is 0 Å². The number of carbonyl (C=O) groups excluding carboxylic acids is 1. The molecule has 1 aromatic carbocycles. The molecule has 1 N–H and O–H groups in total. The molecular formula is C17H20F2N2O4. The number of halogens is 2. The van der Waals surface area contributed by atoms with Crippen molar-refractivity contribution in [3.05, 3.63) is 35.4 Å². The molecule has 2 heterocycles. The van der Waals surface area contributed by atoms with E-state index in [0.717, 1.165) is 12.1 Å². The quantitative estimate of drug-likeness (QED) is 0.870. The first-order valence-corrected chi connectivity index (χ1v) is 8.20. The summed E-state index contributed by atoms with van der Waals surface area (Å²) in [6.07, 6.45) is 0.426. The van der Waals surface area contributed by atoms with Gasteiger partial charge in [-0.3, -0.25) is 14.5 Å². The Morgan fingerprint density at radius 1 is 1.16 bits per heavy atom. The van der Waals surface area contributed by atoms with Gasteiger partial charge in [-0.25, -0.2) is 8.78 Å². The zero-order chi connectivity index (χ0) is 18.0. The Bertz CT molecular complexity index is 669. The molecule has 0 radical (unpaired) electrons. The van der Waals surface area contributed by atoms with Crippen molar-refractivity contribution < 1.29 is 28.2 Å². The molecular weight excluding hydrogens is 334 g/mol. The molecule has 1 amide bonds. The summed E-state index contributed by atoms with van der Waals surface area (Å²) < 4.78 is 31.5. The molecule has 3 rings (SSSR count). The van der Waals surface area contributed by atoms with Gasteiger partial charge in [0, 0.05) is 39.2 Å². The molecule has 136 valence electrons. The minimum Gasteiger partial charge on any atom is -0.480 e. The second kappa shape index (κ2) is 7.05. The smallest absolute Gasteiger partial charge is 0.326 e. The lowest BCUT2D eigenvalue weighted by Gasteiger charge is -2.42. The summed E-state index contributed by atoms with van der Waals surface area (Å²) in [6, 6.07) is 3.42. The first-order chi connectivity index (χ1) is 11.9. The van der Waals surface area contributed by atoms with Crippen molar-refractivity contribution >= 4 is 11.9 Å². The van der Waals surface area contributed by atoms with E-state index in [1.807, 2.05) is 4.90 Å². The van der Waals surface area contributed by atoms with Gasteiger partial charge in [0.25, 0.3) is 0 Å². The molecule has 1 aromatic rings. The van der Waals surface area contributed by atoms with Crippen molar-refractivity contribution in [1.29, 1.82) is 0 Å². The topological polar surface area (TPSA) is 70.1 Å². The van der Waals surface area contributed by atoms with Gasteiger partial charge < -0.3 is 14.7 Å². The second-order valence-electron chi connectivity index (χ2n) is 6.43. The summed E-state index contributed by atoms with van der Waals surface area (Å²) >= 11 is 0. The minimum atomic E-state index is -1.00. The molecule has 2 aliphatic rings. The molecule has 6 nitrogen and oxygen atoms in total. The summed E-state index contributed by atoms with van der Waals surface area (Å²) in [4.78, 5) is 27.5. The number of benzene rings is 1. The Morgan fingerprint density at radius 2 is 1.88 bits per heavy atom. The van der Waals surface area contributed by atoms with Gasteiger partial charge in [0.15, 0.2) is 11.6 Å². The number of ether oxygens (including phenoxy) is 1. The number of piperazine rings is 1. The van der Waals surface area contributed by atoms with Crippen LogP contribution in [0.4, 0.5) is 8.78 Å². The minimum absolute atomic E-state index is 0.00954. The third-order valence-corrected chi connectivity index (χ3v) is 4.98. The maximum Gasteiger partial charge on any atom is 0.326 e. The first-order valence-electron chi connectivity index (χ1n) is 8.20. The van der Waals surface area contributed by atoms with Crippen molar-refractivity contribution in [2.24, 2.45) is 0 Å². The zero-order valence-electron chi connectivity index (χ0n) is 13.7. The third-order valence-electron chi connectivity index (χ3n) is 4.98. The Balaban J connectivity index is 1.59. The standard InChI is InChI=1S/C17H20F2N2O4/c18-13-2-1-12(9-14(13)19)10-15(22)20-4-6-21(7-5-20)17(16(23)24)3-8-25-11-17/h1-2,9H,3-8,10-11H2,(H,23,24). The van der Waals surface area contributed by atoms with Crippen LogP contribution in [0.1, 0.15) is 12.0 Å². The van der Waals surface area contributed by atoms with E-state index >= 15 is 0 Å². The maximum absolute atomic E-state index is 13.2. The predicted octanol–water partition coefficient (Wildman–Crippen LogP) is 0.895. The lowest BCUT2D eigenvalue weighted by Crippen LogP contribution is -2.62. The number of carboxylic acid groups (broad SMARTS) is 1. The average Bonchev–Trinajstić information content (AvgIpc) is 3.09. The fourth-order valence-corrected chi connectivity index (χ4v) is 3.43. The van der Waals surface area contributed by atoms with Gasteiger partial charge in [-0.15, -0.1) is 0 Å². The van der Waals surface area contributed by atoms with E-state index in [1.54, 1.807) is 4.90 Å². The Hall–Kier alpha value is -2.06. The van der Waals surface area contributed by atoms with Crippen molar-refractivity contribution in [2.75, 3.05) is 39.4 Å². The average molecular weight is 354 g/mol. The fourth-order valence-electron chi connectivity index (χ4n) is 3.43. The predicted molar refractivity (Wildman–Crippen MR) is 84.0 cm³/mol. The van der Waals surface area contributed by atoms with Crippen LogP contribution in [0.3, 0.4) is 0 Å². The number of amides is 1.